The molecule has 2 N–H and O–H groups in total. The van der Waals surface area contributed by atoms with Gasteiger partial charge in [0.25, 0.3) is 0 Å². The van der Waals surface area contributed by atoms with Gasteiger partial charge in [-0.15, -0.1) is 0 Å². The maximum Gasteiger partial charge on any atom is 0.226 e. The van der Waals surface area contributed by atoms with Crippen molar-refractivity contribution in [1.29, 1.82) is 0 Å². The molecule has 0 aliphatic carbocycles. The molecule has 2 heterocycles. The van der Waals surface area contributed by atoms with Crippen LogP contribution in [0.1, 0.15) is 46.5 Å². The fourth-order valence-corrected chi connectivity index (χ4v) is 3.66. The zero-order chi connectivity index (χ0) is 14.7. The van der Waals surface area contributed by atoms with Gasteiger partial charge >= 0.3 is 0 Å². The Kier molecular flexibility index (Phi) is 5.44. The fourth-order valence-electron chi connectivity index (χ4n) is 3.66. The average molecular weight is 281 g/mol. The quantitative estimate of drug-likeness (QED) is 0.856. The second-order valence-corrected chi connectivity index (χ2v) is 6.95. The SMILES string of the molecule is CC1CCN(C(=O)C2CCN(C(C)C)CC2)C(CN)C1. The molecular formula is C16H31N3O. The minimum atomic E-state index is 0.229. The third kappa shape index (κ3) is 3.53. The summed E-state index contributed by atoms with van der Waals surface area (Å²) in [4.78, 5) is 17.3. The van der Waals surface area contributed by atoms with Crippen LogP contribution in [0.5, 0.6) is 0 Å². The molecule has 1 amide bonds. The van der Waals surface area contributed by atoms with E-state index in [0.717, 1.165) is 45.3 Å². The number of carbonyl (C=O) groups excluding carboxylic acids is 1. The van der Waals surface area contributed by atoms with E-state index >= 15 is 0 Å². The van der Waals surface area contributed by atoms with Crippen molar-refractivity contribution in [2.45, 2.75) is 58.5 Å². The minimum Gasteiger partial charge on any atom is -0.338 e. The smallest absolute Gasteiger partial charge is 0.226 e. The lowest BCUT2D eigenvalue weighted by atomic mass is 9.89. The molecule has 2 unspecified atom stereocenters. The van der Waals surface area contributed by atoms with Crippen LogP contribution in [-0.2, 0) is 4.79 Å². The van der Waals surface area contributed by atoms with E-state index < -0.39 is 0 Å². The van der Waals surface area contributed by atoms with Crippen molar-refractivity contribution in [2.75, 3.05) is 26.2 Å². The lowest BCUT2D eigenvalue weighted by Gasteiger charge is -2.42. The van der Waals surface area contributed by atoms with Crippen LogP contribution in [0.25, 0.3) is 0 Å². The molecule has 0 radical (unpaired) electrons. The van der Waals surface area contributed by atoms with Gasteiger partial charge in [-0.2, -0.15) is 0 Å². The highest BCUT2D eigenvalue weighted by Crippen LogP contribution is 2.27. The molecular weight excluding hydrogens is 250 g/mol. The molecule has 2 atom stereocenters. The average Bonchev–Trinajstić information content (AvgIpc) is 2.46. The van der Waals surface area contributed by atoms with Gasteiger partial charge in [0.15, 0.2) is 0 Å². The van der Waals surface area contributed by atoms with Crippen LogP contribution in [0.15, 0.2) is 0 Å². The predicted octanol–water partition coefficient (Wildman–Crippen LogP) is 1.69. The Morgan fingerprint density at radius 1 is 1.20 bits per heavy atom. The van der Waals surface area contributed by atoms with Gasteiger partial charge in [0, 0.05) is 31.1 Å². The topological polar surface area (TPSA) is 49.6 Å². The lowest BCUT2D eigenvalue weighted by Crippen LogP contribution is -2.52. The van der Waals surface area contributed by atoms with Crippen LogP contribution in [0.4, 0.5) is 0 Å². The Labute approximate surface area is 123 Å². The van der Waals surface area contributed by atoms with E-state index in [4.69, 9.17) is 5.73 Å². The summed E-state index contributed by atoms with van der Waals surface area (Å²) >= 11 is 0. The Bertz CT molecular complexity index is 324. The fraction of sp³-hybridized carbons (Fsp3) is 0.938. The van der Waals surface area contributed by atoms with Gasteiger partial charge in [-0.1, -0.05) is 6.92 Å². The highest BCUT2D eigenvalue weighted by molar-refractivity contribution is 5.79. The van der Waals surface area contributed by atoms with Crippen LogP contribution in [0.2, 0.25) is 0 Å². The molecule has 0 aromatic rings. The van der Waals surface area contributed by atoms with Gasteiger partial charge in [-0.25, -0.2) is 0 Å². The van der Waals surface area contributed by atoms with E-state index in [1.54, 1.807) is 0 Å². The molecule has 2 aliphatic rings. The number of piperidine rings is 2. The van der Waals surface area contributed by atoms with Gasteiger partial charge in [-0.3, -0.25) is 4.79 Å². The van der Waals surface area contributed by atoms with E-state index in [1.165, 1.54) is 0 Å². The summed E-state index contributed by atoms with van der Waals surface area (Å²) in [7, 11) is 0. The van der Waals surface area contributed by atoms with Gasteiger partial charge in [-0.05, 0) is 58.5 Å². The van der Waals surface area contributed by atoms with Crippen molar-refractivity contribution < 1.29 is 4.79 Å². The van der Waals surface area contributed by atoms with Crippen molar-refractivity contribution in [3.8, 4) is 0 Å². The van der Waals surface area contributed by atoms with Crippen molar-refractivity contribution in [1.82, 2.24) is 9.80 Å². The maximum atomic E-state index is 12.8. The van der Waals surface area contributed by atoms with Crippen molar-refractivity contribution in [3.63, 3.8) is 0 Å². The molecule has 2 fully saturated rings. The number of nitrogens with two attached hydrogens (primary N) is 1. The van der Waals surface area contributed by atoms with Crippen LogP contribution in [0, 0.1) is 11.8 Å². The number of carbonyl (C=O) groups is 1. The monoisotopic (exact) mass is 281 g/mol. The van der Waals surface area contributed by atoms with E-state index in [0.29, 0.717) is 24.4 Å². The number of rotatable bonds is 3. The molecule has 2 aliphatic heterocycles. The van der Waals surface area contributed by atoms with Crippen LogP contribution in [-0.4, -0.2) is 54.0 Å². The van der Waals surface area contributed by atoms with Gasteiger partial charge in [0.1, 0.15) is 0 Å². The molecule has 0 aromatic heterocycles. The van der Waals surface area contributed by atoms with E-state index in [-0.39, 0.29) is 12.0 Å². The van der Waals surface area contributed by atoms with Gasteiger partial charge < -0.3 is 15.5 Å². The molecule has 4 heteroatoms. The van der Waals surface area contributed by atoms with Gasteiger partial charge in [0.2, 0.25) is 5.91 Å². The summed E-state index contributed by atoms with van der Waals surface area (Å²) in [5, 5.41) is 0. The Morgan fingerprint density at radius 2 is 1.85 bits per heavy atom. The first-order valence-corrected chi connectivity index (χ1v) is 8.27. The van der Waals surface area contributed by atoms with E-state index in [9.17, 15) is 4.79 Å². The van der Waals surface area contributed by atoms with Crippen LogP contribution in [0.3, 0.4) is 0 Å². The number of nitrogens with zero attached hydrogens (tertiary/aromatic N) is 2. The first kappa shape index (κ1) is 15.8. The van der Waals surface area contributed by atoms with Crippen molar-refractivity contribution in [2.24, 2.45) is 17.6 Å². The predicted molar refractivity (Wildman–Crippen MR) is 82.4 cm³/mol. The standard InChI is InChI=1S/C16H31N3O/c1-12(2)18-7-5-14(6-8-18)16(20)19-9-4-13(3)10-15(19)11-17/h12-15H,4-11,17H2,1-3H3. The summed E-state index contributed by atoms with van der Waals surface area (Å²) in [5.74, 6) is 1.30. The highest BCUT2D eigenvalue weighted by atomic mass is 16.2. The van der Waals surface area contributed by atoms with Crippen molar-refractivity contribution >= 4 is 5.91 Å². The maximum absolute atomic E-state index is 12.8. The second-order valence-electron chi connectivity index (χ2n) is 6.95. The number of hydrogen-bond donors (Lipinski definition) is 1. The molecule has 4 nitrogen and oxygen atoms in total. The first-order valence-electron chi connectivity index (χ1n) is 8.27. The third-order valence-corrected chi connectivity index (χ3v) is 5.14. The largest absolute Gasteiger partial charge is 0.338 e. The number of amides is 1. The summed E-state index contributed by atoms with van der Waals surface area (Å²) in [6.45, 7) is 10.4. The minimum absolute atomic E-state index is 0.229. The van der Waals surface area contributed by atoms with Crippen LogP contribution < -0.4 is 5.73 Å². The first-order chi connectivity index (χ1) is 9.52. The molecule has 20 heavy (non-hydrogen) atoms. The van der Waals surface area contributed by atoms with Gasteiger partial charge in [0.05, 0.1) is 0 Å². The summed E-state index contributed by atoms with van der Waals surface area (Å²) in [6.07, 6.45) is 4.24. The normalized spacial score (nSPS) is 29.9. The zero-order valence-corrected chi connectivity index (χ0v) is 13.3. The zero-order valence-electron chi connectivity index (χ0n) is 13.3. The Hall–Kier alpha value is -0.610. The third-order valence-electron chi connectivity index (χ3n) is 5.14. The number of hydrogen-bond acceptors (Lipinski definition) is 3. The highest BCUT2D eigenvalue weighted by Gasteiger charge is 2.34. The van der Waals surface area contributed by atoms with E-state index in [1.807, 2.05) is 0 Å². The summed E-state index contributed by atoms with van der Waals surface area (Å²) in [6, 6.07) is 0.869. The van der Waals surface area contributed by atoms with Crippen LogP contribution >= 0.6 is 0 Å². The Balaban J connectivity index is 1.91. The molecule has 2 saturated heterocycles. The molecule has 2 rings (SSSR count). The molecule has 0 spiro atoms. The Morgan fingerprint density at radius 3 is 2.40 bits per heavy atom. The molecule has 0 bridgehead atoms. The van der Waals surface area contributed by atoms with E-state index in [2.05, 4.69) is 30.6 Å². The summed E-state index contributed by atoms with van der Waals surface area (Å²) < 4.78 is 0. The second kappa shape index (κ2) is 6.90. The molecule has 0 saturated carbocycles. The lowest BCUT2D eigenvalue weighted by molar-refractivity contribution is -0.141. The molecule has 0 aromatic carbocycles. The molecule has 116 valence electrons. The van der Waals surface area contributed by atoms with Crippen molar-refractivity contribution in [3.05, 3.63) is 0 Å². The summed E-state index contributed by atoms with van der Waals surface area (Å²) in [5.41, 5.74) is 5.88. The number of likely N-dealkylation sites (tertiary alicyclic amines) is 2.